The number of anilines is 2. The number of aromatic nitrogens is 3. The summed E-state index contributed by atoms with van der Waals surface area (Å²) >= 11 is 1.56. The van der Waals surface area contributed by atoms with Crippen molar-refractivity contribution in [3.05, 3.63) is 23.3 Å². The lowest BCUT2D eigenvalue weighted by Crippen LogP contribution is -2.31. The fourth-order valence-electron chi connectivity index (χ4n) is 2.66. The molecule has 7 nitrogen and oxygen atoms in total. The molecule has 9 heteroatoms. The lowest BCUT2D eigenvalue weighted by molar-refractivity contribution is 0.287. The fourth-order valence-corrected chi connectivity index (χ4v) is 3.38. The maximum atomic E-state index is 5.70. The number of nitrogens with zero attached hydrogens (tertiary/aromatic N) is 5. The number of hydrogen-bond donors (Lipinski definition) is 1. The van der Waals surface area contributed by atoms with Gasteiger partial charge >= 0.3 is 0 Å². The molecule has 0 unspecified atom stereocenters. The second kappa shape index (κ2) is 9.00. The summed E-state index contributed by atoms with van der Waals surface area (Å²) in [4.78, 5) is 18.9. The lowest BCUT2D eigenvalue weighted by atomic mass is 10.3. The summed E-state index contributed by atoms with van der Waals surface area (Å²) in [5.74, 6) is 1.39. The zero-order chi connectivity index (χ0) is 16.1. The van der Waals surface area contributed by atoms with Crippen LogP contribution in [0.15, 0.2) is 18.5 Å². The smallest absolute Gasteiger partial charge is 0.228 e. The quantitative estimate of drug-likeness (QED) is 0.862. The van der Waals surface area contributed by atoms with Crippen molar-refractivity contribution in [2.24, 2.45) is 0 Å². The Morgan fingerprint density at radius 1 is 1.25 bits per heavy atom. The summed E-state index contributed by atoms with van der Waals surface area (Å²) in [6.45, 7) is 7.36. The van der Waals surface area contributed by atoms with Gasteiger partial charge < -0.3 is 15.4 Å². The Kier molecular flexibility index (Phi) is 7.01. The second-order valence-corrected chi connectivity index (χ2v) is 6.56. The number of nitrogens with two attached hydrogens (primary N) is 1. The van der Waals surface area contributed by atoms with Crippen LogP contribution in [-0.2, 0) is 6.54 Å². The summed E-state index contributed by atoms with van der Waals surface area (Å²) in [5.41, 5.74) is 5.70. The van der Waals surface area contributed by atoms with Crippen LogP contribution in [0.5, 0.6) is 5.88 Å². The maximum Gasteiger partial charge on any atom is 0.228 e. The molecule has 3 rings (SSSR count). The molecule has 1 aliphatic rings. The van der Waals surface area contributed by atoms with E-state index in [2.05, 4.69) is 24.8 Å². The number of halogens is 1. The molecule has 0 bridgehead atoms. The molecular weight excluding hydrogens is 348 g/mol. The highest BCUT2D eigenvalue weighted by molar-refractivity contribution is 7.15. The van der Waals surface area contributed by atoms with E-state index in [-0.39, 0.29) is 12.4 Å². The van der Waals surface area contributed by atoms with Gasteiger partial charge in [0.05, 0.1) is 6.61 Å². The number of hydrogen-bond acceptors (Lipinski definition) is 8. The van der Waals surface area contributed by atoms with Crippen molar-refractivity contribution in [2.75, 3.05) is 43.4 Å². The van der Waals surface area contributed by atoms with Gasteiger partial charge in [0, 0.05) is 56.1 Å². The maximum absolute atomic E-state index is 5.70. The van der Waals surface area contributed by atoms with E-state index in [1.165, 1.54) is 4.88 Å². The fraction of sp³-hybridized carbons (Fsp3) is 0.533. The average Bonchev–Trinajstić information content (AvgIpc) is 2.82. The third-order valence-electron chi connectivity index (χ3n) is 3.73. The van der Waals surface area contributed by atoms with Gasteiger partial charge in [0.1, 0.15) is 0 Å². The first-order chi connectivity index (χ1) is 11.2. The molecule has 0 atom stereocenters. The van der Waals surface area contributed by atoms with E-state index in [0.29, 0.717) is 17.6 Å². The van der Waals surface area contributed by atoms with Crippen LogP contribution < -0.4 is 15.4 Å². The molecule has 1 fully saturated rings. The molecule has 1 aliphatic heterocycles. The van der Waals surface area contributed by atoms with Crippen molar-refractivity contribution in [1.29, 1.82) is 0 Å². The minimum atomic E-state index is 0. The van der Waals surface area contributed by atoms with Crippen LogP contribution in [0.3, 0.4) is 0 Å². The highest BCUT2D eigenvalue weighted by atomic mass is 35.5. The molecule has 1 saturated heterocycles. The van der Waals surface area contributed by atoms with Gasteiger partial charge in [-0.3, -0.25) is 4.90 Å². The molecule has 0 amide bonds. The normalized spacial score (nSPS) is 15.6. The van der Waals surface area contributed by atoms with Crippen molar-refractivity contribution in [1.82, 2.24) is 19.9 Å². The van der Waals surface area contributed by atoms with Gasteiger partial charge in [-0.25, -0.2) is 9.97 Å². The van der Waals surface area contributed by atoms with Gasteiger partial charge in [-0.05, 0) is 13.3 Å². The molecule has 0 aliphatic carbocycles. The van der Waals surface area contributed by atoms with Gasteiger partial charge in [-0.2, -0.15) is 4.98 Å². The van der Waals surface area contributed by atoms with Crippen LogP contribution in [0.4, 0.5) is 11.1 Å². The van der Waals surface area contributed by atoms with Crippen molar-refractivity contribution in [2.45, 2.75) is 19.9 Å². The first-order valence-corrected chi connectivity index (χ1v) is 8.69. The van der Waals surface area contributed by atoms with Gasteiger partial charge in [0.15, 0.2) is 5.13 Å². The molecule has 0 saturated carbocycles. The molecule has 2 aromatic rings. The standard InChI is InChI=1S/C15H22N6OS.ClH/c1-2-22-13-4-5-17-15(19-13)21-7-3-6-20(8-9-21)11-12-10-18-14(16)23-12;/h4-5,10H,2-3,6-9,11H2,1H3,(H2,16,18);1H. The van der Waals surface area contributed by atoms with E-state index < -0.39 is 0 Å². The number of nitrogen functional groups attached to an aromatic ring is 1. The van der Waals surface area contributed by atoms with Crippen molar-refractivity contribution in [3.63, 3.8) is 0 Å². The third kappa shape index (κ3) is 4.93. The van der Waals surface area contributed by atoms with Crippen LogP contribution in [0.2, 0.25) is 0 Å². The zero-order valence-electron chi connectivity index (χ0n) is 13.7. The van der Waals surface area contributed by atoms with Gasteiger partial charge in [0.2, 0.25) is 11.8 Å². The second-order valence-electron chi connectivity index (χ2n) is 5.41. The van der Waals surface area contributed by atoms with Crippen LogP contribution in [0.1, 0.15) is 18.2 Å². The Labute approximate surface area is 152 Å². The Morgan fingerprint density at radius 2 is 2.12 bits per heavy atom. The van der Waals surface area contributed by atoms with Crippen LogP contribution in [0, 0.1) is 0 Å². The molecule has 2 aromatic heterocycles. The molecule has 0 spiro atoms. The predicted octanol–water partition coefficient (Wildman–Crippen LogP) is 2.05. The Bertz CT molecular complexity index is 640. The monoisotopic (exact) mass is 370 g/mol. The first-order valence-electron chi connectivity index (χ1n) is 7.88. The van der Waals surface area contributed by atoms with Crippen molar-refractivity contribution in [3.8, 4) is 5.88 Å². The van der Waals surface area contributed by atoms with Gasteiger partial charge in [0.25, 0.3) is 0 Å². The summed E-state index contributed by atoms with van der Waals surface area (Å²) in [6, 6.07) is 1.80. The van der Waals surface area contributed by atoms with Crippen LogP contribution in [0.25, 0.3) is 0 Å². The summed E-state index contributed by atoms with van der Waals surface area (Å²) in [7, 11) is 0. The van der Waals surface area contributed by atoms with E-state index in [1.807, 2.05) is 13.1 Å². The van der Waals surface area contributed by atoms with Crippen LogP contribution >= 0.6 is 23.7 Å². The third-order valence-corrected chi connectivity index (χ3v) is 4.54. The Hall–Kier alpha value is -1.64. The highest BCUT2D eigenvalue weighted by Crippen LogP contribution is 2.19. The van der Waals surface area contributed by atoms with Gasteiger partial charge in [-0.1, -0.05) is 0 Å². The predicted molar refractivity (Wildman–Crippen MR) is 99.1 cm³/mol. The summed E-state index contributed by atoms with van der Waals surface area (Å²) in [6.07, 6.45) is 4.71. The number of rotatable bonds is 5. The van der Waals surface area contributed by atoms with Crippen molar-refractivity contribution >= 4 is 34.8 Å². The molecule has 3 heterocycles. The Balaban J connectivity index is 0.00000208. The topological polar surface area (TPSA) is 80.4 Å². The Morgan fingerprint density at radius 3 is 2.88 bits per heavy atom. The van der Waals surface area contributed by atoms with E-state index >= 15 is 0 Å². The van der Waals surface area contributed by atoms with E-state index in [4.69, 9.17) is 10.5 Å². The van der Waals surface area contributed by atoms with E-state index in [1.54, 1.807) is 23.6 Å². The summed E-state index contributed by atoms with van der Waals surface area (Å²) in [5, 5.41) is 0.637. The van der Waals surface area contributed by atoms with E-state index in [0.717, 1.165) is 45.1 Å². The SMILES string of the molecule is CCOc1ccnc(N2CCCN(Cc3cnc(N)s3)CC2)n1.Cl. The molecule has 132 valence electrons. The van der Waals surface area contributed by atoms with Gasteiger partial charge in [-0.15, -0.1) is 23.7 Å². The molecule has 24 heavy (non-hydrogen) atoms. The highest BCUT2D eigenvalue weighted by Gasteiger charge is 2.18. The van der Waals surface area contributed by atoms with Crippen LogP contribution in [-0.4, -0.2) is 52.6 Å². The first kappa shape index (κ1) is 18.7. The van der Waals surface area contributed by atoms with Crippen molar-refractivity contribution < 1.29 is 4.74 Å². The summed E-state index contributed by atoms with van der Waals surface area (Å²) < 4.78 is 5.47. The minimum absolute atomic E-state index is 0. The minimum Gasteiger partial charge on any atom is -0.478 e. The molecule has 2 N–H and O–H groups in total. The molecule has 0 radical (unpaired) electrons. The zero-order valence-corrected chi connectivity index (χ0v) is 15.4. The number of thiazole rings is 1. The van der Waals surface area contributed by atoms with E-state index in [9.17, 15) is 0 Å². The lowest BCUT2D eigenvalue weighted by Gasteiger charge is -2.21. The number of ether oxygens (including phenoxy) is 1. The molecular formula is C15H23ClN6OS. The average molecular weight is 371 g/mol. The largest absolute Gasteiger partial charge is 0.478 e. The molecule has 0 aromatic carbocycles.